The summed E-state index contributed by atoms with van der Waals surface area (Å²) in [5.74, 6) is 0. The molecule has 0 aliphatic heterocycles. The van der Waals surface area contributed by atoms with Crippen molar-refractivity contribution >= 4 is 49.9 Å². The molecule has 0 amide bonds. The molecule has 2 rings (SSSR count). The van der Waals surface area contributed by atoms with E-state index in [9.17, 15) is 0 Å². The minimum Gasteiger partial charge on any atom is -0.144 e. The molecule has 1 unspecified atom stereocenters. The Morgan fingerprint density at radius 2 is 1.88 bits per heavy atom. The van der Waals surface area contributed by atoms with E-state index < -0.39 is 0 Å². The number of halogens is 2. The van der Waals surface area contributed by atoms with Gasteiger partial charge >= 0.3 is 0 Å². The Hall–Kier alpha value is 0.130. The maximum atomic E-state index is 3.85. The van der Waals surface area contributed by atoms with E-state index >= 15 is 0 Å². The number of benzene rings is 1. The van der Waals surface area contributed by atoms with Gasteiger partial charge in [-0.2, -0.15) is 0 Å². The minimum absolute atomic E-state index is 0.313. The lowest BCUT2D eigenvalue weighted by atomic mass is 10.1. The molecule has 0 saturated heterocycles. The van der Waals surface area contributed by atoms with Crippen molar-refractivity contribution < 1.29 is 0 Å². The first-order valence-corrected chi connectivity index (χ1v) is 8.28. The first kappa shape index (κ1) is 13.6. The van der Waals surface area contributed by atoms with Crippen molar-refractivity contribution in [1.82, 2.24) is 0 Å². The van der Waals surface area contributed by atoms with E-state index in [-0.39, 0.29) is 0 Å². The van der Waals surface area contributed by atoms with Crippen LogP contribution in [0.4, 0.5) is 0 Å². The van der Waals surface area contributed by atoms with Gasteiger partial charge in [0.05, 0.1) is 4.83 Å². The Morgan fingerprint density at radius 1 is 1.18 bits per heavy atom. The SMILES string of the molecule is Cc1cc(C)c(C(Br)c2cccc(C)c2I)s1. The van der Waals surface area contributed by atoms with Crippen molar-refractivity contribution in [2.75, 3.05) is 0 Å². The molecule has 0 saturated carbocycles. The van der Waals surface area contributed by atoms with Crippen LogP contribution in [0.3, 0.4) is 0 Å². The predicted molar refractivity (Wildman–Crippen MR) is 88.5 cm³/mol. The third kappa shape index (κ3) is 2.76. The van der Waals surface area contributed by atoms with Crippen LogP contribution >= 0.6 is 49.9 Å². The monoisotopic (exact) mass is 420 g/mol. The molecular formula is C14H14BrIS. The van der Waals surface area contributed by atoms with Gasteiger partial charge in [-0.1, -0.05) is 34.1 Å². The van der Waals surface area contributed by atoms with Crippen LogP contribution in [0.15, 0.2) is 24.3 Å². The number of hydrogen-bond donors (Lipinski definition) is 0. The Labute approximate surface area is 129 Å². The average molecular weight is 421 g/mol. The van der Waals surface area contributed by atoms with Crippen LogP contribution in [-0.4, -0.2) is 0 Å². The van der Waals surface area contributed by atoms with Gasteiger partial charge in [0.15, 0.2) is 0 Å². The topological polar surface area (TPSA) is 0 Å². The summed E-state index contributed by atoms with van der Waals surface area (Å²) in [6.07, 6.45) is 0. The molecule has 3 heteroatoms. The number of hydrogen-bond acceptors (Lipinski definition) is 1. The first-order valence-electron chi connectivity index (χ1n) is 5.46. The molecule has 0 spiro atoms. The molecule has 0 aliphatic rings. The van der Waals surface area contributed by atoms with E-state index in [1.807, 2.05) is 11.3 Å². The van der Waals surface area contributed by atoms with Gasteiger partial charge in [0, 0.05) is 13.3 Å². The highest BCUT2D eigenvalue weighted by atomic mass is 127. The summed E-state index contributed by atoms with van der Waals surface area (Å²) >= 11 is 8.17. The largest absolute Gasteiger partial charge is 0.144 e. The molecule has 1 aromatic carbocycles. The van der Waals surface area contributed by atoms with Crippen molar-refractivity contribution in [2.45, 2.75) is 25.6 Å². The molecule has 0 aliphatic carbocycles. The predicted octanol–water partition coefficient (Wildman–Crippen LogP) is 5.76. The molecule has 1 aromatic heterocycles. The zero-order valence-corrected chi connectivity index (χ0v) is 14.6. The quantitative estimate of drug-likeness (QED) is 0.427. The second-order valence-electron chi connectivity index (χ2n) is 4.24. The van der Waals surface area contributed by atoms with Crippen molar-refractivity contribution in [1.29, 1.82) is 0 Å². The summed E-state index contributed by atoms with van der Waals surface area (Å²) in [6.45, 7) is 6.52. The highest BCUT2D eigenvalue weighted by molar-refractivity contribution is 14.1. The summed E-state index contributed by atoms with van der Waals surface area (Å²) < 4.78 is 1.36. The van der Waals surface area contributed by atoms with E-state index in [1.165, 1.54) is 30.0 Å². The number of thiophene rings is 1. The van der Waals surface area contributed by atoms with E-state index in [4.69, 9.17) is 0 Å². The Bertz CT molecular complexity index is 545. The molecule has 0 N–H and O–H groups in total. The van der Waals surface area contributed by atoms with E-state index in [0.717, 1.165) is 0 Å². The maximum absolute atomic E-state index is 3.85. The van der Waals surface area contributed by atoms with Gasteiger partial charge in [0.2, 0.25) is 0 Å². The fourth-order valence-electron chi connectivity index (χ4n) is 1.92. The third-order valence-corrected chi connectivity index (χ3v) is 6.75. The molecule has 17 heavy (non-hydrogen) atoms. The summed E-state index contributed by atoms with van der Waals surface area (Å²) in [5, 5.41) is 0. The highest BCUT2D eigenvalue weighted by Crippen LogP contribution is 2.40. The molecule has 0 bridgehead atoms. The van der Waals surface area contributed by atoms with Gasteiger partial charge < -0.3 is 0 Å². The highest BCUT2D eigenvalue weighted by Gasteiger charge is 2.18. The molecule has 1 atom stereocenters. The van der Waals surface area contributed by atoms with Gasteiger partial charge in [-0.25, -0.2) is 0 Å². The van der Waals surface area contributed by atoms with Crippen LogP contribution in [-0.2, 0) is 0 Å². The molecule has 2 aromatic rings. The minimum atomic E-state index is 0.313. The fraction of sp³-hybridized carbons (Fsp3) is 0.286. The van der Waals surface area contributed by atoms with E-state index in [1.54, 1.807) is 0 Å². The van der Waals surface area contributed by atoms with Crippen LogP contribution in [0, 0.1) is 24.3 Å². The number of alkyl halides is 1. The molecular weight excluding hydrogens is 407 g/mol. The Kier molecular flexibility index (Phi) is 4.31. The van der Waals surface area contributed by atoms with Gasteiger partial charge in [0.1, 0.15) is 0 Å². The summed E-state index contributed by atoms with van der Waals surface area (Å²) in [4.78, 5) is 3.11. The summed E-state index contributed by atoms with van der Waals surface area (Å²) in [7, 11) is 0. The summed E-state index contributed by atoms with van der Waals surface area (Å²) in [6, 6.07) is 8.77. The van der Waals surface area contributed by atoms with Crippen molar-refractivity contribution in [2.24, 2.45) is 0 Å². The van der Waals surface area contributed by atoms with Gasteiger partial charge in [-0.05, 0) is 66.1 Å². The zero-order chi connectivity index (χ0) is 12.6. The van der Waals surface area contributed by atoms with Crippen LogP contribution in [0.1, 0.15) is 31.3 Å². The van der Waals surface area contributed by atoms with Crippen molar-refractivity contribution in [3.8, 4) is 0 Å². The molecule has 0 fully saturated rings. The zero-order valence-electron chi connectivity index (χ0n) is 10.1. The average Bonchev–Trinajstić information content (AvgIpc) is 2.61. The Morgan fingerprint density at radius 3 is 2.47 bits per heavy atom. The second kappa shape index (κ2) is 5.41. The van der Waals surface area contributed by atoms with Crippen LogP contribution in [0.25, 0.3) is 0 Å². The maximum Gasteiger partial charge on any atom is 0.0751 e. The van der Waals surface area contributed by atoms with Crippen LogP contribution in [0.2, 0.25) is 0 Å². The van der Waals surface area contributed by atoms with Gasteiger partial charge in [0.25, 0.3) is 0 Å². The van der Waals surface area contributed by atoms with Crippen molar-refractivity contribution in [3.05, 3.63) is 54.3 Å². The van der Waals surface area contributed by atoms with Crippen molar-refractivity contribution in [3.63, 3.8) is 0 Å². The summed E-state index contributed by atoms with van der Waals surface area (Å²) in [5.41, 5.74) is 4.10. The van der Waals surface area contributed by atoms with Gasteiger partial charge in [-0.3, -0.25) is 0 Å². The second-order valence-corrected chi connectivity index (χ2v) is 7.53. The molecule has 0 radical (unpaired) electrons. The lowest BCUT2D eigenvalue weighted by molar-refractivity contribution is 1.16. The first-order chi connectivity index (χ1) is 8.00. The molecule has 90 valence electrons. The van der Waals surface area contributed by atoms with E-state index in [0.29, 0.717) is 4.83 Å². The molecule has 1 heterocycles. The smallest absolute Gasteiger partial charge is 0.0751 e. The van der Waals surface area contributed by atoms with Gasteiger partial charge in [-0.15, -0.1) is 11.3 Å². The standard InChI is InChI=1S/C14H14BrIS/c1-8-5-4-6-11(13(8)16)12(15)14-9(2)7-10(3)17-14/h4-7,12H,1-3H3. The lowest BCUT2D eigenvalue weighted by Crippen LogP contribution is -1.96. The normalized spacial score (nSPS) is 12.8. The number of rotatable bonds is 2. The van der Waals surface area contributed by atoms with Crippen LogP contribution < -0.4 is 0 Å². The Balaban J connectivity index is 2.47. The third-order valence-electron chi connectivity index (χ3n) is 2.80. The van der Waals surface area contributed by atoms with E-state index in [2.05, 4.69) is 83.6 Å². The lowest BCUT2D eigenvalue weighted by Gasteiger charge is -2.13. The van der Waals surface area contributed by atoms with Crippen LogP contribution in [0.5, 0.6) is 0 Å². The molecule has 0 nitrogen and oxygen atoms in total. The number of aryl methyl sites for hydroxylation is 3. The fourth-order valence-corrected chi connectivity index (χ4v) is 5.07.